The normalized spacial score (nSPS) is 29.0. The zero-order chi connectivity index (χ0) is 16.0. The van der Waals surface area contributed by atoms with Crippen LogP contribution in [0.15, 0.2) is 24.3 Å². The molecule has 2 aliphatic rings. The van der Waals surface area contributed by atoms with Gasteiger partial charge < -0.3 is 9.47 Å². The van der Waals surface area contributed by atoms with Crippen LogP contribution in [0.25, 0.3) is 0 Å². The lowest BCUT2D eigenvalue weighted by atomic mass is 9.70. The standard InChI is InChI=1S/C16H16F2O4/c1-21-13(19)9-10-5-4-8-15(16(10,17)18)12-7-3-2-6-11(12)14(20)22-15/h2-3,6-7,10H,4-5,8-9H2,1H3. The molecule has 1 aliphatic carbocycles. The van der Waals surface area contributed by atoms with Gasteiger partial charge >= 0.3 is 11.9 Å². The smallest absolute Gasteiger partial charge is 0.339 e. The molecule has 1 aliphatic heterocycles. The Kier molecular flexibility index (Phi) is 3.42. The quantitative estimate of drug-likeness (QED) is 0.788. The fourth-order valence-corrected chi connectivity index (χ4v) is 3.50. The number of benzene rings is 1. The van der Waals surface area contributed by atoms with Crippen LogP contribution in [0.5, 0.6) is 0 Å². The lowest BCUT2D eigenvalue weighted by Gasteiger charge is -2.44. The first kappa shape index (κ1) is 14.9. The molecular formula is C16H16F2O4. The number of halogens is 2. The second kappa shape index (κ2) is 5.04. The number of hydrogen-bond donors (Lipinski definition) is 0. The van der Waals surface area contributed by atoms with Gasteiger partial charge in [0.15, 0.2) is 0 Å². The molecule has 1 saturated carbocycles. The van der Waals surface area contributed by atoms with E-state index in [1.165, 1.54) is 19.2 Å². The fraction of sp³-hybridized carbons (Fsp3) is 0.500. The van der Waals surface area contributed by atoms with Gasteiger partial charge in [0.05, 0.1) is 19.1 Å². The zero-order valence-corrected chi connectivity index (χ0v) is 12.1. The Balaban J connectivity index is 2.04. The van der Waals surface area contributed by atoms with Crippen molar-refractivity contribution in [2.45, 2.75) is 37.2 Å². The maximum absolute atomic E-state index is 15.1. The van der Waals surface area contributed by atoms with Crippen molar-refractivity contribution in [2.75, 3.05) is 7.11 Å². The highest BCUT2D eigenvalue weighted by Gasteiger charge is 2.67. The van der Waals surface area contributed by atoms with Crippen LogP contribution >= 0.6 is 0 Å². The maximum atomic E-state index is 15.1. The van der Waals surface area contributed by atoms with E-state index >= 15 is 8.78 Å². The highest BCUT2D eigenvalue weighted by molar-refractivity contribution is 5.95. The fourth-order valence-electron chi connectivity index (χ4n) is 3.50. The molecule has 22 heavy (non-hydrogen) atoms. The molecule has 2 atom stereocenters. The van der Waals surface area contributed by atoms with Gasteiger partial charge in [-0.05, 0) is 25.3 Å². The van der Waals surface area contributed by atoms with Gasteiger partial charge in [-0.15, -0.1) is 0 Å². The SMILES string of the molecule is COC(=O)CC1CCCC2(OC(=O)c3ccccc32)C1(F)F. The van der Waals surface area contributed by atoms with Gasteiger partial charge in [-0.3, -0.25) is 4.79 Å². The predicted octanol–water partition coefficient (Wildman–Crippen LogP) is 3.05. The number of alkyl halides is 2. The third kappa shape index (κ3) is 1.93. The molecular weight excluding hydrogens is 294 g/mol. The minimum Gasteiger partial charge on any atom is -0.469 e. The molecule has 1 heterocycles. The summed E-state index contributed by atoms with van der Waals surface area (Å²) in [5.41, 5.74) is -1.56. The third-order valence-electron chi connectivity index (χ3n) is 4.62. The van der Waals surface area contributed by atoms with Crippen molar-refractivity contribution in [1.82, 2.24) is 0 Å². The highest BCUT2D eigenvalue weighted by Crippen LogP contribution is 2.57. The second-order valence-electron chi connectivity index (χ2n) is 5.75. The van der Waals surface area contributed by atoms with E-state index in [9.17, 15) is 9.59 Å². The van der Waals surface area contributed by atoms with Gasteiger partial charge in [0, 0.05) is 11.5 Å². The van der Waals surface area contributed by atoms with E-state index < -0.39 is 29.4 Å². The van der Waals surface area contributed by atoms with Crippen LogP contribution in [0.3, 0.4) is 0 Å². The number of carbonyl (C=O) groups is 2. The first-order chi connectivity index (χ1) is 10.4. The Hall–Kier alpha value is -1.98. The summed E-state index contributed by atoms with van der Waals surface area (Å²) >= 11 is 0. The maximum Gasteiger partial charge on any atom is 0.339 e. The van der Waals surface area contributed by atoms with E-state index in [0.717, 1.165) is 0 Å². The van der Waals surface area contributed by atoms with Crippen LogP contribution < -0.4 is 0 Å². The third-order valence-corrected chi connectivity index (χ3v) is 4.62. The molecule has 3 rings (SSSR count). The number of hydrogen-bond acceptors (Lipinski definition) is 4. The van der Waals surface area contributed by atoms with Gasteiger partial charge in [-0.25, -0.2) is 13.6 Å². The van der Waals surface area contributed by atoms with Crippen molar-refractivity contribution in [3.8, 4) is 0 Å². The van der Waals surface area contributed by atoms with Crippen LogP contribution in [0, 0.1) is 5.92 Å². The number of esters is 2. The lowest BCUT2D eigenvalue weighted by molar-refractivity contribution is -0.234. The van der Waals surface area contributed by atoms with E-state index in [-0.39, 0.29) is 30.4 Å². The average Bonchev–Trinajstić information content (AvgIpc) is 2.79. The molecule has 2 unspecified atom stereocenters. The molecule has 1 fully saturated rings. The summed E-state index contributed by atoms with van der Waals surface area (Å²) in [5, 5.41) is 0. The van der Waals surface area contributed by atoms with E-state index in [1.54, 1.807) is 12.1 Å². The first-order valence-electron chi connectivity index (χ1n) is 7.20. The van der Waals surface area contributed by atoms with E-state index in [0.29, 0.717) is 6.42 Å². The van der Waals surface area contributed by atoms with E-state index in [2.05, 4.69) is 4.74 Å². The highest BCUT2D eigenvalue weighted by atomic mass is 19.3. The molecule has 6 heteroatoms. The molecule has 1 aromatic rings. The Bertz CT molecular complexity index is 628. The molecule has 0 amide bonds. The van der Waals surface area contributed by atoms with Crippen molar-refractivity contribution >= 4 is 11.9 Å². The van der Waals surface area contributed by atoms with Crippen LogP contribution in [0.4, 0.5) is 8.78 Å². The largest absolute Gasteiger partial charge is 0.469 e. The second-order valence-corrected chi connectivity index (χ2v) is 5.75. The summed E-state index contributed by atoms with van der Waals surface area (Å²) in [6.07, 6.45) is 0.327. The predicted molar refractivity (Wildman–Crippen MR) is 72.5 cm³/mol. The number of methoxy groups -OCH3 is 1. The van der Waals surface area contributed by atoms with Crippen molar-refractivity contribution < 1.29 is 27.8 Å². The topological polar surface area (TPSA) is 52.6 Å². The van der Waals surface area contributed by atoms with Gasteiger partial charge in [0.25, 0.3) is 5.92 Å². The zero-order valence-electron chi connectivity index (χ0n) is 12.1. The van der Waals surface area contributed by atoms with E-state index in [4.69, 9.17) is 4.74 Å². The van der Waals surface area contributed by atoms with Gasteiger partial charge in [-0.2, -0.15) is 0 Å². The van der Waals surface area contributed by atoms with Crippen molar-refractivity contribution in [3.05, 3.63) is 35.4 Å². The average molecular weight is 310 g/mol. The van der Waals surface area contributed by atoms with Crippen LogP contribution in [-0.2, 0) is 19.9 Å². The van der Waals surface area contributed by atoms with Gasteiger partial charge in [0.2, 0.25) is 5.60 Å². The Morgan fingerprint density at radius 2 is 2.14 bits per heavy atom. The van der Waals surface area contributed by atoms with Gasteiger partial charge in [-0.1, -0.05) is 18.2 Å². The van der Waals surface area contributed by atoms with Crippen molar-refractivity contribution in [2.24, 2.45) is 5.92 Å². The molecule has 0 aromatic heterocycles. The van der Waals surface area contributed by atoms with Crippen molar-refractivity contribution in [3.63, 3.8) is 0 Å². The van der Waals surface area contributed by atoms with Crippen LogP contribution in [0.2, 0.25) is 0 Å². The molecule has 0 bridgehead atoms. The van der Waals surface area contributed by atoms with E-state index in [1.807, 2.05) is 0 Å². The van der Waals surface area contributed by atoms with Crippen LogP contribution in [-0.4, -0.2) is 25.0 Å². The summed E-state index contributed by atoms with van der Waals surface area (Å²) in [6.45, 7) is 0. The van der Waals surface area contributed by atoms with Crippen LogP contribution in [0.1, 0.15) is 41.6 Å². The molecule has 0 radical (unpaired) electrons. The number of rotatable bonds is 2. The summed E-state index contributed by atoms with van der Waals surface area (Å²) in [7, 11) is 1.17. The molecule has 1 spiro atoms. The number of carbonyl (C=O) groups excluding carboxylic acids is 2. The summed E-state index contributed by atoms with van der Waals surface area (Å²) in [4.78, 5) is 23.4. The lowest BCUT2D eigenvalue weighted by Crippen LogP contribution is -2.53. The van der Waals surface area contributed by atoms with Crippen molar-refractivity contribution in [1.29, 1.82) is 0 Å². The number of ether oxygens (including phenoxy) is 2. The minimum absolute atomic E-state index is 0.0560. The molecule has 0 saturated heterocycles. The summed E-state index contributed by atoms with van der Waals surface area (Å²) in [5.74, 6) is -5.93. The molecule has 4 nitrogen and oxygen atoms in total. The number of fused-ring (bicyclic) bond motifs is 2. The van der Waals surface area contributed by atoms with Gasteiger partial charge in [0.1, 0.15) is 0 Å². The summed E-state index contributed by atoms with van der Waals surface area (Å²) in [6, 6.07) is 6.23. The molecule has 0 N–H and O–H groups in total. The monoisotopic (exact) mass is 310 g/mol. The first-order valence-corrected chi connectivity index (χ1v) is 7.20. The minimum atomic E-state index is -3.32. The summed E-state index contributed by atoms with van der Waals surface area (Å²) < 4.78 is 39.9. The Labute approximate surface area is 126 Å². The Morgan fingerprint density at radius 3 is 2.86 bits per heavy atom. The Morgan fingerprint density at radius 1 is 1.41 bits per heavy atom. The molecule has 118 valence electrons. The molecule has 1 aromatic carbocycles.